The van der Waals surface area contributed by atoms with E-state index >= 15 is 0 Å². The van der Waals surface area contributed by atoms with E-state index in [1.807, 2.05) is 36.4 Å². The van der Waals surface area contributed by atoms with Crippen LogP contribution in [0.5, 0.6) is 0 Å². The lowest BCUT2D eigenvalue weighted by molar-refractivity contribution is -0.126. The number of rotatable bonds is 5. The third-order valence-electron chi connectivity index (χ3n) is 5.97. The van der Waals surface area contributed by atoms with Crippen LogP contribution in [0.2, 0.25) is 0 Å². The molecule has 6 nitrogen and oxygen atoms in total. The van der Waals surface area contributed by atoms with E-state index in [4.69, 9.17) is 4.42 Å². The van der Waals surface area contributed by atoms with Gasteiger partial charge in [-0.25, -0.2) is 4.79 Å². The molecule has 1 heterocycles. The molecule has 30 heavy (non-hydrogen) atoms. The molecule has 0 radical (unpaired) electrons. The summed E-state index contributed by atoms with van der Waals surface area (Å²) in [4.78, 5) is 24.1. The summed E-state index contributed by atoms with van der Waals surface area (Å²) in [7, 11) is 1.69. The summed E-state index contributed by atoms with van der Waals surface area (Å²) in [5.41, 5.74) is 4.29. The fourth-order valence-corrected chi connectivity index (χ4v) is 4.16. The minimum absolute atomic E-state index is 0.0110. The molecule has 3 aromatic rings. The third kappa shape index (κ3) is 4.16. The van der Waals surface area contributed by atoms with Crippen LogP contribution >= 0.6 is 0 Å². The maximum atomic E-state index is 12.4. The van der Waals surface area contributed by atoms with Gasteiger partial charge in [-0.2, -0.15) is 5.26 Å². The normalized spacial score (nSPS) is 15.6. The molecule has 0 bridgehead atoms. The number of fused-ring (bicyclic) bond motifs is 1. The highest BCUT2D eigenvalue weighted by Gasteiger charge is 2.23. The molecule has 1 unspecified atom stereocenters. The van der Waals surface area contributed by atoms with Crippen molar-refractivity contribution >= 4 is 17.0 Å². The Kier molecular flexibility index (Phi) is 5.71. The van der Waals surface area contributed by atoms with Crippen LogP contribution in [-0.2, 0) is 18.3 Å². The number of carbonyl (C=O) groups excluding carboxylic acids is 1. The number of amides is 1. The molecule has 1 N–H and O–H groups in total. The van der Waals surface area contributed by atoms with Crippen LogP contribution in [0.25, 0.3) is 22.2 Å². The van der Waals surface area contributed by atoms with E-state index in [9.17, 15) is 14.9 Å². The smallest absolute Gasteiger partial charge is 0.408 e. The van der Waals surface area contributed by atoms with Crippen LogP contribution < -0.4 is 11.1 Å². The van der Waals surface area contributed by atoms with Crippen LogP contribution in [0.1, 0.15) is 37.7 Å². The van der Waals surface area contributed by atoms with E-state index in [1.165, 1.54) is 11.0 Å². The van der Waals surface area contributed by atoms with Gasteiger partial charge in [0.15, 0.2) is 5.58 Å². The van der Waals surface area contributed by atoms with E-state index in [-0.39, 0.29) is 17.6 Å². The summed E-state index contributed by atoms with van der Waals surface area (Å²) < 4.78 is 6.67. The second-order valence-electron chi connectivity index (χ2n) is 8.04. The van der Waals surface area contributed by atoms with Gasteiger partial charge in [-0.15, -0.1) is 0 Å². The lowest BCUT2D eigenvalue weighted by Gasteiger charge is -2.22. The maximum Gasteiger partial charge on any atom is 0.419 e. The number of nitriles is 1. The molecule has 1 aliphatic carbocycles. The molecule has 0 aliphatic heterocycles. The van der Waals surface area contributed by atoms with Crippen LogP contribution in [-0.4, -0.2) is 16.5 Å². The lowest BCUT2D eigenvalue weighted by atomic mass is 9.88. The molecular formula is C24H25N3O3. The molecule has 0 saturated heterocycles. The molecule has 1 aromatic heterocycles. The Labute approximate surface area is 175 Å². The van der Waals surface area contributed by atoms with Crippen LogP contribution in [0.4, 0.5) is 0 Å². The Morgan fingerprint density at radius 2 is 1.87 bits per heavy atom. The molecule has 1 aliphatic rings. The summed E-state index contributed by atoms with van der Waals surface area (Å²) >= 11 is 0. The van der Waals surface area contributed by atoms with Gasteiger partial charge in [0, 0.05) is 19.4 Å². The van der Waals surface area contributed by atoms with Crippen LogP contribution in [0.15, 0.2) is 51.7 Å². The van der Waals surface area contributed by atoms with Crippen molar-refractivity contribution in [1.29, 1.82) is 5.26 Å². The number of nitrogens with zero attached hydrogens (tertiary/aromatic N) is 2. The first-order chi connectivity index (χ1) is 14.5. The highest BCUT2D eigenvalue weighted by molar-refractivity contribution is 5.81. The van der Waals surface area contributed by atoms with E-state index < -0.39 is 6.04 Å². The molecule has 1 saturated carbocycles. The number of hydrogen-bond donors (Lipinski definition) is 1. The first-order valence-corrected chi connectivity index (χ1v) is 10.4. The first-order valence-electron chi connectivity index (χ1n) is 10.4. The zero-order valence-corrected chi connectivity index (χ0v) is 17.1. The Morgan fingerprint density at radius 1 is 1.17 bits per heavy atom. The van der Waals surface area contributed by atoms with E-state index in [1.54, 1.807) is 13.1 Å². The quantitative estimate of drug-likeness (QED) is 0.699. The Morgan fingerprint density at radius 3 is 2.57 bits per heavy atom. The molecule has 1 atom stereocenters. The summed E-state index contributed by atoms with van der Waals surface area (Å²) in [5, 5.41) is 12.4. The monoisotopic (exact) mass is 403 g/mol. The van der Waals surface area contributed by atoms with Crippen molar-refractivity contribution in [3.63, 3.8) is 0 Å². The number of aromatic nitrogens is 1. The van der Waals surface area contributed by atoms with Crippen molar-refractivity contribution < 1.29 is 9.21 Å². The fraction of sp³-hybridized carbons (Fsp3) is 0.375. The van der Waals surface area contributed by atoms with E-state index in [0.29, 0.717) is 12.0 Å². The number of aryl methyl sites for hydroxylation is 1. The standard InChI is InChI=1S/C24H25N3O3/c1-27-21-14-19(11-12-22(21)30-24(27)29)17-9-7-16(8-10-17)13-20(15-25)26-23(28)18-5-3-2-4-6-18/h7-12,14,18,20H,2-6,13H2,1H3,(H,26,28). The average Bonchev–Trinajstić information content (AvgIpc) is 3.07. The average molecular weight is 403 g/mol. The summed E-state index contributed by atoms with van der Waals surface area (Å²) in [6, 6.07) is 15.3. The Bertz CT molecular complexity index is 1150. The van der Waals surface area contributed by atoms with Crippen molar-refractivity contribution in [2.24, 2.45) is 13.0 Å². The first kappa shape index (κ1) is 20.0. The predicted molar refractivity (Wildman–Crippen MR) is 115 cm³/mol. The summed E-state index contributed by atoms with van der Waals surface area (Å²) in [6.07, 6.45) is 5.70. The van der Waals surface area contributed by atoms with Crippen molar-refractivity contribution in [3.8, 4) is 17.2 Å². The Hall–Kier alpha value is -3.33. The number of hydrogen-bond acceptors (Lipinski definition) is 4. The largest absolute Gasteiger partial charge is 0.419 e. The molecule has 6 heteroatoms. The predicted octanol–water partition coefficient (Wildman–Crippen LogP) is 3.93. The molecule has 0 spiro atoms. The van der Waals surface area contributed by atoms with Gasteiger partial charge in [0.25, 0.3) is 0 Å². The van der Waals surface area contributed by atoms with Crippen LogP contribution in [0.3, 0.4) is 0 Å². The zero-order valence-electron chi connectivity index (χ0n) is 17.1. The van der Waals surface area contributed by atoms with Gasteiger partial charge >= 0.3 is 5.76 Å². The number of carbonyl (C=O) groups is 1. The third-order valence-corrected chi connectivity index (χ3v) is 5.97. The fourth-order valence-electron chi connectivity index (χ4n) is 4.16. The molecule has 4 rings (SSSR count). The van der Waals surface area contributed by atoms with Crippen molar-refractivity contribution in [2.75, 3.05) is 0 Å². The Balaban J connectivity index is 1.45. The van der Waals surface area contributed by atoms with Gasteiger partial charge in [-0.05, 0) is 41.7 Å². The van der Waals surface area contributed by atoms with Gasteiger partial charge in [0.2, 0.25) is 5.91 Å². The van der Waals surface area contributed by atoms with Crippen molar-refractivity contribution in [2.45, 2.75) is 44.6 Å². The highest BCUT2D eigenvalue weighted by Crippen LogP contribution is 2.25. The van der Waals surface area contributed by atoms with Crippen molar-refractivity contribution in [1.82, 2.24) is 9.88 Å². The SMILES string of the molecule is Cn1c(=O)oc2ccc(-c3ccc(CC(C#N)NC(=O)C4CCCCC4)cc3)cc21. The summed E-state index contributed by atoms with van der Waals surface area (Å²) in [6.45, 7) is 0. The lowest BCUT2D eigenvalue weighted by Crippen LogP contribution is -2.40. The van der Waals surface area contributed by atoms with Crippen LogP contribution in [0, 0.1) is 17.2 Å². The van der Waals surface area contributed by atoms with Crippen molar-refractivity contribution in [3.05, 3.63) is 58.6 Å². The van der Waals surface area contributed by atoms with Gasteiger partial charge in [-0.3, -0.25) is 9.36 Å². The molecule has 2 aromatic carbocycles. The topological polar surface area (TPSA) is 88.0 Å². The van der Waals surface area contributed by atoms with E-state index in [0.717, 1.165) is 47.9 Å². The van der Waals surface area contributed by atoms with E-state index in [2.05, 4.69) is 11.4 Å². The minimum atomic E-state index is -0.526. The maximum absolute atomic E-state index is 12.4. The molecule has 1 fully saturated rings. The van der Waals surface area contributed by atoms with Gasteiger partial charge in [-0.1, -0.05) is 49.6 Å². The highest BCUT2D eigenvalue weighted by atomic mass is 16.4. The van der Waals surface area contributed by atoms with Gasteiger partial charge in [0.1, 0.15) is 6.04 Å². The minimum Gasteiger partial charge on any atom is -0.408 e. The number of benzene rings is 2. The molecule has 1 amide bonds. The molecular weight excluding hydrogens is 378 g/mol. The molecule has 154 valence electrons. The van der Waals surface area contributed by atoms with Gasteiger partial charge < -0.3 is 9.73 Å². The number of oxazole rings is 1. The zero-order chi connectivity index (χ0) is 21.1. The number of nitrogens with one attached hydrogen (secondary N) is 1. The van der Waals surface area contributed by atoms with Gasteiger partial charge in [0.05, 0.1) is 11.6 Å². The second kappa shape index (κ2) is 8.58. The summed E-state index contributed by atoms with van der Waals surface area (Å²) in [5.74, 6) is -0.321. The second-order valence-corrected chi connectivity index (χ2v) is 8.04.